The van der Waals surface area contributed by atoms with Crippen molar-refractivity contribution in [3.05, 3.63) is 33.9 Å². The molecular weight excluding hydrogens is 395 g/mol. The predicted octanol–water partition coefficient (Wildman–Crippen LogP) is 4.19. The highest BCUT2D eigenvalue weighted by molar-refractivity contribution is 7.93. The monoisotopic (exact) mass is 420 g/mol. The van der Waals surface area contributed by atoms with E-state index in [1.54, 1.807) is 12.2 Å². The van der Waals surface area contributed by atoms with Gasteiger partial charge in [-0.15, -0.1) is 0 Å². The second-order valence-electron chi connectivity index (χ2n) is 6.53. The van der Waals surface area contributed by atoms with Crippen LogP contribution in [-0.2, 0) is 10.0 Å². The largest absolute Gasteiger partial charge is 0.394 e. The SMILES string of the molecule is CC.O=S(=O)(NC1(CO)CCCC1)C1=CC=C2C(Cl)=CN=C(Cl)C2CC1. The zero-order chi connectivity index (χ0) is 19.4. The Morgan fingerprint density at radius 1 is 1.27 bits per heavy atom. The highest BCUT2D eigenvalue weighted by Gasteiger charge is 2.38. The molecule has 1 heterocycles. The fourth-order valence-corrected chi connectivity index (χ4v) is 5.64. The van der Waals surface area contributed by atoms with Crippen molar-refractivity contribution in [2.45, 2.75) is 57.9 Å². The number of allylic oxidation sites excluding steroid dienone is 5. The van der Waals surface area contributed by atoms with E-state index in [2.05, 4.69) is 9.71 Å². The zero-order valence-electron chi connectivity index (χ0n) is 15.1. The molecule has 146 valence electrons. The summed E-state index contributed by atoms with van der Waals surface area (Å²) in [6.07, 6.45) is 8.80. The van der Waals surface area contributed by atoms with Crippen molar-refractivity contribution < 1.29 is 13.5 Å². The lowest BCUT2D eigenvalue weighted by molar-refractivity contribution is 0.185. The van der Waals surface area contributed by atoms with Gasteiger partial charge in [-0.2, -0.15) is 0 Å². The number of aliphatic imine (C=N–C) groups is 1. The molecule has 3 rings (SSSR count). The van der Waals surface area contributed by atoms with Crippen LogP contribution in [0.4, 0.5) is 0 Å². The highest BCUT2D eigenvalue weighted by Crippen LogP contribution is 2.37. The van der Waals surface area contributed by atoms with Crippen LogP contribution in [-0.4, -0.2) is 30.8 Å². The molecule has 0 bridgehead atoms. The van der Waals surface area contributed by atoms with Crippen molar-refractivity contribution >= 4 is 38.4 Å². The maximum atomic E-state index is 12.8. The average Bonchev–Trinajstić information content (AvgIpc) is 2.95. The Hall–Kier alpha value is -0.660. The van der Waals surface area contributed by atoms with Crippen molar-refractivity contribution in [2.24, 2.45) is 10.9 Å². The molecule has 1 aliphatic heterocycles. The van der Waals surface area contributed by atoms with E-state index in [1.807, 2.05) is 13.8 Å². The van der Waals surface area contributed by atoms with Crippen molar-refractivity contribution in [1.29, 1.82) is 0 Å². The topological polar surface area (TPSA) is 78.8 Å². The van der Waals surface area contributed by atoms with Crippen LogP contribution in [0.3, 0.4) is 0 Å². The summed E-state index contributed by atoms with van der Waals surface area (Å²) in [5.41, 5.74) is 0.0577. The number of hydrogen-bond acceptors (Lipinski definition) is 4. The lowest BCUT2D eigenvalue weighted by Crippen LogP contribution is -2.49. The van der Waals surface area contributed by atoms with E-state index in [9.17, 15) is 13.5 Å². The lowest BCUT2D eigenvalue weighted by atomic mass is 9.94. The molecule has 8 heteroatoms. The van der Waals surface area contributed by atoms with Crippen LogP contribution in [0, 0.1) is 5.92 Å². The van der Waals surface area contributed by atoms with Crippen molar-refractivity contribution in [3.8, 4) is 0 Å². The lowest BCUT2D eigenvalue weighted by Gasteiger charge is -2.28. The molecule has 3 aliphatic rings. The van der Waals surface area contributed by atoms with Crippen molar-refractivity contribution in [2.75, 3.05) is 6.61 Å². The number of aliphatic hydroxyl groups excluding tert-OH is 1. The summed E-state index contributed by atoms with van der Waals surface area (Å²) in [7, 11) is -3.68. The molecule has 1 atom stereocenters. The van der Waals surface area contributed by atoms with E-state index < -0.39 is 15.6 Å². The number of nitrogens with zero attached hydrogens (tertiary/aromatic N) is 1. The van der Waals surface area contributed by atoms with Crippen LogP contribution in [0.15, 0.2) is 38.9 Å². The van der Waals surface area contributed by atoms with Gasteiger partial charge in [0, 0.05) is 12.1 Å². The predicted molar refractivity (Wildman–Crippen MR) is 108 cm³/mol. The molecule has 1 fully saturated rings. The molecule has 1 saturated carbocycles. The summed E-state index contributed by atoms with van der Waals surface area (Å²) < 4.78 is 28.3. The molecule has 0 aromatic carbocycles. The normalized spacial score (nSPS) is 24.9. The number of sulfonamides is 1. The average molecular weight is 421 g/mol. The van der Waals surface area contributed by atoms with Gasteiger partial charge in [0.15, 0.2) is 0 Å². The van der Waals surface area contributed by atoms with Crippen molar-refractivity contribution in [1.82, 2.24) is 4.72 Å². The molecule has 0 amide bonds. The summed E-state index contributed by atoms with van der Waals surface area (Å²) in [6, 6.07) is 0. The van der Waals surface area contributed by atoms with Gasteiger partial charge in [0.1, 0.15) is 5.17 Å². The second kappa shape index (κ2) is 9.02. The molecule has 26 heavy (non-hydrogen) atoms. The number of fused-ring (bicyclic) bond motifs is 1. The van der Waals surface area contributed by atoms with Gasteiger partial charge in [-0.1, -0.05) is 56.0 Å². The minimum atomic E-state index is -3.68. The number of hydrogen-bond donors (Lipinski definition) is 2. The minimum absolute atomic E-state index is 0.175. The Balaban J connectivity index is 0.00000117. The fraction of sp³-hybridized carbons (Fsp3) is 0.611. The maximum Gasteiger partial charge on any atom is 0.237 e. The van der Waals surface area contributed by atoms with Crippen LogP contribution in [0.1, 0.15) is 52.4 Å². The van der Waals surface area contributed by atoms with E-state index in [0.29, 0.717) is 35.9 Å². The van der Waals surface area contributed by atoms with Crippen LogP contribution >= 0.6 is 23.2 Å². The Kier molecular flexibility index (Phi) is 7.51. The standard InChI is InChI=1S/C16H20Cl2N2O3S.C2H6/c17-14-9-19-15(18)13-6-4-11(3-5-12(13)14)24(22,23)20-16(10-21)7-1-2-8-16;1-2/h3,5,9,13,20-21H,1-2,4,6-8,10H2;1-2H3. The van der Waals surface area contributed by atoms with Gasteiger partial charge in [0.05, 0.1) is 22.1 Å². The molecule has 2 aliphatic carbocycles. The molecular formula is C18H26Cl2N2O3S. The van der Waals surface area contributed by atoms with Gasteiger partial charge in [-0.05, 0) is 37.3 Å². The minimum Gasteiger partial charge on any atom is -0.394 e. The number of aliphatic hydroxyl groups is 1. The second-order valence-corrected chi connectivity index (χ2v) is 9.06. The maximum absolute atomic E-state index is 12.8. The van der Waals surface area contributed by atoms with Crippen LogP contribution in [0.5, 0.6) is 0 Å². The Labute approximate surface area is 165 Å². The summed E-state index contributed by atoms with van der Waals surface area (Å²) >= 11 is 12.3. The Morgan fingerprint density at radius 2 is 1.92 bits per heavy atom. The molecule has 0 radical (unpaired) electrons. The van der Waals surface area contributed by atoms with E-state index >= 15 is 0 Å². The summed E-state index contributed by atoms with van der Waals surface area (Å²) in [4.78, 5) is 4.35. The number of halogens is 2. The molecule has 0 spiro atoms. The van der Waals surface area contributed by atoms with Gasteiger partial charge in [-0.25, -0.2) is 18.1 Å². The first-order valence-electron chi connectivity index (χ1n) is 9.02. The third kappa shape index (κ3) is 4.60. The van der Waals surface area contributed by atoms with E-state index in [1.165, 1.54) is 6.20 Å². The van der Waals surface area contributed by atoms with Crippen LogP contribution in [0.2, 0.25) is 0 Å². The summed E-state index contributed by atoms with van der Waals surface area (Å²) in [5.74, 6) is -0.175. The number of nitrogens with one attached hydrogen (secondary N) is 1. The molecule has 1 unspecified atom stereocenters. The van der Waals surface area contributed by atoms with Gasteiger partial charge >= 0.3 is 0 Å². The van der Waals surface area contributed by atoms with E-state index in [4.69, 9.17) is 23.2 Å². The highest BCUT2D eigenvalue weighted by atomic mass is 35.5. The summed E-state index contributed by atoms with van der Waals surface area (Å²) in [6.45, 7) is 3.82. The molecule has 0 aromatic heterocycles. The third-order valence-corrected chi connectivity index (χ3v) is 7.34. The van der Waals surface area contributed by atoms with Crippen LogP contribution < -0.4 is 4.72 Å². The van der Waals surface area contributed by atoms with Gasteiger partial charge in [0.2, 0.25) is 10.0 Å². The molecule has 0 saturated heterocycles. The number of rotatable bonds is 4. The van der Waals surface area contributed by atoms with Gasteiger partial charge in [0.25, 0.3) is 0 Å². The third-order valence-electron chi connectivity index (χ3n) is 4.93. The Morgan fingerprint density at radius 3 is 2.54 bits per heavy atom. The van der Waals surface area contributed by atoms with Gasteiger partial charge in [-0.3, -0.25) is 0 Å². The molecule has 5 nitrogen and oxygen atoms in total. The first-order chi connectivity index (χ1) is 12.4. The van der Waals surface area contributed by atoms with Crippen LogP contribution in [0.25, 0.3) is 0 Å². The van der Waals surface area contributed by atoms with Gasteiger partial charge < -0.3 is 5.11 Å². The quantitative estimate of drug-likeness (QED) is 0.715. The first kappa shape index (κ1) is 21.6. The van der Waals surface area contributed by atoms with E-state index in [0.717, 1.165) is 18.4 Å². The van der Waals surface area contributed by atoms with E-state index in [-0.39, 0.29) is 17.4 Å². The summed E-state index contributed by atoms with van der Waals surface area (Å²) in [5, 5.41) is 10.6. The fourth-order valence-electron chi connectivity index (χ4n) is 3.52. The molecule has 2 N–H and O–H groups in total. The Bertz CT molecular complexity index is 748. The van der Waals surface area contributed by atoms with Crippen molar-refractivity contribution in [3.63, 3.8) is 0 Å². The zero-order valence-corrected chi connectivity index (χ0v) is 17.5. The molecule has 0 aromatic rings. The smallest absolute Gasteiger partial charge is 0.237 e. The first-order valence-corrected chi connectivity index (χ1v) is 11.3.